The molecule has 1 saturated carbocycles. The molecule has 0 heterocycles. The topological polar surface area (TPSA) is 74.6 Å². The van der Waals surface area contributed by atoms with Crippen LogP contribution in [0.25, 0.3) is 0 Å². The summed E-state index contributed by atoms with van der Waals surface area (Å²) in [5.74, 6) is 2.05. The molecule has 0 aromatic rings. The van der Waals surface area contributed by atoms with E-state index < -0.39 is 11.9 Å². The summed E-state index contributed by atoms with van der Waals surface area (Å²) in [7, 11) is 0. The number of rotatable bonds is 16. The van der Waals surface area contributed by atoms with Crippen molar-refractivity contribution >= 4 is 11.9 Å². The van der Waals surface area contributed by atoms with Crippen molar-refractivity contribution in [3.05, 3.63) is 0 Å². The van der Waals surface area contributed by atoms with Gasteiger partial charge in [-0.15, -0.1) is 0 Å². The van der Waals surface area contributed by atoms with Crippen molar-refractivity contribution in [1.82, 2.24) is 0 Å². The van der Waals surface area contributed by atoms with Gasteiger partial charge < -0.3 is 10.2 Å². The van der Waals surface area contributed by atoms with Crippen LogP contribution in [0, 0.1) is 23.7 Å². The number of hydrogen-bond donors (Lipinski definition) is 2. The summed E-state index contributed by atoms with van der Waals surface area (Å²) in [5, 5.41) is 17.4. The lowest BCUT2D eigenvalue weighted by Gasteiger charge is -2.41. The van der Waals surface area contributed by atoms with Crippen molar-refractivity contribution in [3.63, 3.8) is 0 Å². The number of unbranched alkanes of at least 4 members (excludes halogenated alkanes) is 8. The van der Waals surface area contributed by atoms with Crippen LogP contribution in [0.15, 0.2) is 0 Å². The summed E-state index contributed by atoms with van der Waals surface area (Å²) in [6.45, 7) is 4.91. The second-order valence-corrected chi connectivity index (χ2v) is 9.24. The Morgan fingerprint density at radius 3 is 1.68 bits per heavy atom. The fourth-order valence-electron chi connectivity index (χ4n) is 5.18. The number of carboxylic acids is 2. The largest absolute Gasteiger partial charge is 0.481 e. The van der Waals surface area contributed by atoms with Crippen molar-refractivity contribution in [3.8, 4) is 0 Å². The number of carbonyl (C=O) groups is 2. The Labute approximate surface area is 172 Å². The van der Waals surface area contributed by atoms with E-state index >= 15 is 0 Å². The highest BCUT2D eigenvalue weighted by Crippen LogP contribution is 2.43. The molecule has 4 atom stereocenters. The Morgan fingerprint density at radius 2 is 1.14 bits per heavy atom. The van der Waals surface area contributed by atoms with E-state index in [1.165, 1.54) is 64.2 Å². The summed E-state index contributed by atoms with van der Waals surface area (Å²) >= 11 is 0. The van der Waals surface area contributed by atoms with Crippen LogP contribution in [0.1, 0.15) is 117 Å². The Hall–Kier alpha value is -1.06. The van der Waals surface area contributed by atoms with Crippen LogP contribution >= 0.6 is 0 Å². The molecule has 1 fully saturated rings. The molecule has 4 unspecified atom stereocenters. The van der Waals surface area contributed by atoms with Crippen LogP contribution in [0.5, 0.6) is 0 Å². The third kappa shape index (κ3) is 11.1. The maximum absolute atomic E-state index is 10.5. The standard InChI is InChI=1S/C24H44O4/c1-19-17-18-21(13-9-5-3-7-11-15-23(25)26)20(2)22(19)14-10-6-4-8-12-16-24(27)28/h19-22H,3-18H2,1-2H3,(H,25,26)(H,27,28). The fourth-order valence-corrected chi connectivity index (χ4v) is 5.18. The molecule has 1 rings (SSSR count). The lowest BCUT2D eigenvalue weighted by atomic mass is 9.65. The van der Waals surface area contributed by atoms with E-state index in [4.69, 9.17) is 10.2 Å². The predicted molar refractivity (Wildman–Crippen MR) is 114 cm³/mol. The first-order valence-electron chi connectivity index (χ1n) is 11.9. The molecule has 28 heavy (non-hydrogen) atoms. The average molecular weight is 397 g/mol. The van der Waals surface area contributed by atoms with E-state index in [9.17, 15) is 9.59 Å². The normalized spacial score (nSPS) is 24.9. The van der Waals surface area contributed by atoms with Gasteiger partial charge in [-0.1, -0.05) is 78.1 Å². The van der Waals surface area contributed by atoms with Crippen LogP contribution in [-0.4, -0.2) is 22.2 Å². The number of hydrogen-bond acceptors (Lipinski definition) is 2. The Kier molecular flexibility index (Phi) is 13.3. The molecule has 0 amide bonds. The highest BCUT2D eigenvalue weighted by atomic mass is 16.4. The summed E-state index contributed by atoms with van der Waals surface area (Å²) in [4.78, 5) is 21.1. The van der Waals surface area contributed by atoms with E-state index in [1.807, 2.05) is 0 Å². The fraction of sp³-hybridized carbons (Fsp3) is 0.917. The van der Waals surface area contributed by atoms with Crippen LogP contribution < -0.4 is 0 Å². The van der Waals surface area contributed by atoms with Gasteiger partial charge in [-0.05, 0) is 49.4 Å². The first-order valence-corrected chi connectivity index (χ1v) is 11.9. The molecule has 0 aromatic heterocycles. The molecular weight excluding hydrogens is 352 g/mol. The highest BCUT2D eigenvalue weighted by Gasteiger charge is 2.33. The third-order valence-corrected chi connectivity index (χ3v) is 7.04. The molecule has 4 heteroatoms. The van der Waals surface area contributed by atoms with Gasteiger partial charge in [-0.3, -0.25) is 9.59 Å². The van der Waals surface area contributed by atoms with Gasteiger partial charge in [0, 0.05) is 12.8 Å². The molecule has 0 bridgehead atoms. The van der Waals surface area contributed by atoms with E-state index in [0.29, 0.717) is 12.8 Å². The van der Waals surface area contributed by atoms with Crippen LogP contribution in [0.2, 0.25) is 0 Å². The Morgan fingerprint density at radius 1 is 0.679 bits per heavy atom. The van der Waals surface area contributed by atoms with Crippen molar-refractivity contribution in [2.45, 2.75) is 117 Å². The van der Waals surface area contributed by atoms with Crippen LogP contribution in [0.4, 0.5) is 0 Å². The molecular formula is C24H44O4. The summed E-state index contributed by atoms with van der Waals surface area (Å²) in [6.07, 6.45) is 17.3. The Balaban J connectivity index is 2.15. The van der Waals surface area contributed by atoms with Gasteiger partial charge in [0.05, 0.1) is 0 Å². The molecule has 2 N–H and O–H groups in total. The minimum absolute atomic E-state index is 0.317. The van der Waals surface area contributed by atoms with E-state index in [1.54, 1.807) is 0 Å². The van der Waals surface area contributed by atoms with Gasteiger partial charge >= 0.3 is 11.9 Å². The van der Waals surface area contributed by atoms with E-state index in [-0.39, 0.29) is 0 Å². The second kappa shape index (κ2) is 14.9. The number of aliphatic carboxylic acids is 2. The SMILES string of the molecule is CC1CCC(CCCCCCCC(=O)O)C(C)C1CCCCCCCC(=O)O. The zero-order chi connectivity index (χ0) is 20.8. The molecule has 1 aliphatic rings. The van der Waals surface area contributed by atoms with E-state index in [0.717, 1.165) is 49.4 Å². The predicted octanol–water partition coefficient (Wildman–Crippen LogP) is 6.92. The lowest BCUT2D eigenvalue weighted by molar-refractivity contribution is -0.138. The van der Waals surface area contributed by atoms with Gasteiger partial charge in [0.2, 0.25) is 0 Å². The summed E-state index contributed by atoms with van der Waals surface area (Å²) in [5.41, 5.74) is 0. The van der Waals surface area contributed by atoms with Gasteiger partial charge in [0.25, 0.3) is 0 Å². The van der Waals surface area contributed by atoms with Crippen LogP contribution in [0.3, 0.4) is 0 Å². The molecule has 4 nitrogen and oxygen atoms in total. The molecule has 0 radical (unpaired) electrons. The quantitative estimate of drug-likeness (QED) is 0.278. The average Bonchev–Trinajstić information content (AvgIpc) is 2.63. The van der Waals surface area contributed by atoms with Gasteiger partial charge in [-0.25, -0.2) is 0 Å². The minimum atomic E-state index is -0.670. The van der Waals surface area contributed by atoms with Gasteiger partial charge in [0.1, 0.15) is 0 Å². The molecule has 0 aliphatic heterocycles. The van der Waals surface area contributed by atoms with Crippen LogP contribution in [-0.2, 0) is 9.59 Å². The monoisotopic (exact) mass is 396 g/mol. The van der Waals surface area contributed by atoms with Crippen molar-refractivity contribution < 1.29 is 19.8 Å². The highest BCUT2D eigenvalue weighted by molar-refractivity contribution is 5.66. The molecule has 164 valence electrons. The Bertz CT molecular complexity index is 434. The first-order chi connectivity index (χ1) is 13.4. The van der Waals surface area contributed by atoms with E-state index in [2.05, 4.69) is 13.8 Å². The molecule has 0 spiro atoms. The van der Waals surface area contributed by atoms with Crippen molar-refractivity contribution in [1.29, 1.82) is 0 Å². The van der Waals surface area contributed by atoms with Gasteiger partial charge in [-0.2, -0.15) is 0 Å². The molecule has 0 saturated heterocycles. The molecule has 1 aliphatic carbocycles. The van der Waals surface area contributed by atoms with Gasteiger partial charge in [0.15, 0.2) is 0 Å². The summed E-state index contributed by atoms with van der Waals surface area (Å²) in [6, 6.07) is 0. The minimum Gasteiger partial charge on any atom is -0.481 e. The number of carboxylic acid groups (broad SMARTS) is 2. The maximum Gasteiger partial charge on any atom is 0.303 e. The lowest BCUT2D eigenvalue weighted by Crippen LogP contribution is -2.31. The summed E-state index contributed by atoms with van der Waals surface area (Å²) < 4.78 is 0. The smallest absolute Gasteiger partial charge is 0.303 e. The third-order valence-electron chi connectivity index (χ3n) is 7.04. The second-order valence-electron chi connectivity index (χ2n) is 9.24. The van der Waals surface area contributed by atoms with Crippen molar-refractivity contribution in [2.75, 3.05) is 0 Å². The first kappa shape index (κ1) is 25.0. The zero-order valence-electron chi connectivity index (χ0n) is 18.3. The zero-order valence-corrected chi connectivity index (χ0v) is 18.3. The van der Waals surface area contributed by atoms with Crippen molar-refractivity contribution in [2.24, 2.45) is 23.7 Å². The maximum atomic E-state index is 10.5. The molecule has 0 aromatic carbocycles.